The molecular formula is C12H17N3O2S. The number of hydrogen-bond donors (Lipinski definition) is 2. The van der Waals surface area contributed by atoms with E-state index in [0.717, 1.165) is 12.8 Å². The summed E-state index contributed by atoms with van der Waals surface area (Å²) in [6.07, 6.45) is 1.84. The van der Waals surface area contributed by atoms with Gasteiger partial charge in [0.15, 0.2) is 0 Å². The monoisotopic (exact) mass is 267 g/mol. The van der Waals surface area contributed by atoms with Crippen molar-refractivity contribution in [2.75, 3.05) is 6.54 Å². The average molecular weight is 267 g/mol. The highest BCUT2D eigenvalue weighted by atomic mass is 32.1. The average Bonchev–Trinajstić information content (AvgIpc) is 2.64. The molecule has 5 nitrogen and oxygen atoms in total. The summed E-state index contributed by atoms with van der Waals surface area (Å²) in [5.74, 6) is -0.727. The van der Waals surface area contributed by atoms with E-state index in [9.17, 15) is 9.59 Å². The highest BCUT2D eigenvalue weighted by molar-refractivity contribution is 7.10. The molecule has 1 aliphatic rings. The van der Waals surface area contributed by atoms with Crippen LogP contribution in [0.3, 0.4) is 0 Å². The van der Waals surface area contributed by atoms with Crippen molar-refractivity contribution >= 4 is 23.2 Å². The van der Waals surface area contributed by atoms with E-state index in [2.05, 4.69) is 0 Å². The fourth-order valence-corrected chi connectivity index (χ4v) is 3.11. The quantitative estimate of drug-likeness (QED) is 0.821. The lowest BCUT2D eigenvalue weighted by Crippen LogP contribution is -2.45. The summed E-state index contributed by atoms with van der Waals surface area (Å²) >= 11 is 1.73. The molecule has 0 spiro atoms. The smallest absolute Gasteiger partial charge is 0.240 e. The summed E-state index contributed by atoms with van der Waals surface area (Å²) in [6, 6.07) is 1.23. The molecule has 1 aromatic heterocycles. The van der Waals surface area contributed by atoms with Crippen molar-refractivity contribution in [3.8, 4) is 0 Å². The second-order valence-electron chi connectivity index (χ2n) is 4.51. The van der Waals surface area contributed by atoms with Crippen LogP contribution in [0.1, 0.15) is 23.3 Å². The third-order valence-corrected chi connectivity index (χ3v) is 4.10. The topological polar surface area (TPSA) is 89.4 Å². The zero-order chi connectivity index (χ0) is 13.1. The van der Waals surface area contributed by atoms with Gasteiger partial charge < -0.3 is 16.4 Å². The Morgan fingerprint density at radius 1 is 1.50 bits per heavy atom. The minimum Gasteiger partial charge on any atom is -0.370 e. The molecule has 18 heavy (non-hydrogen) atoms. The van der Waals surface area contributed by atoms with Gasteiger partial charge in [0.25, 0.3) is 0 Å². The number of nitrogens with zero attached hydrogens (tertiary/aromatic N) is 1. The maximum atomic E-state index is 12.1. The van der Waals surface area contributed by atoms with E-state index >= 15 is 0 Å². The van der Waals surface area contributed by atoms with Crippen LogP contribution in [0.4, 0.5) is 0 Å². The molecule has 0 aliphatic carbocycles. The van der Waals surface area contributed by atoms with Crippen LogP contribution in [-0.2, 0) is 22.6 Å². The summed E-state index contributed by atoms with van der Waals surface area (Å²) < 4.78 is 0. The van der Waals surface area contributed by atoms with Gasteiger partial charge in [0.1, 0.15) is 0 Å². The molecular weight excluding hydrogens is 250 g/mol. The van der Waals surface area contributed by atoms with E-state index in [1.807, 2.05) is 11.4 Å². The Kier molecular flexibility index (Phi) is 3.98. The van der Waals surface area contributed by atoms with Crippen LogP contribution in [-0.4, -0.2) is 29.3 Å². The van der Waals surface area contributed by atoms with Crippen LogP contribution in [0.2, 0.25) is 0 Å². The van der Waals surface area contributed by atoms with Crippen molar-refractivity contribution in [3.63, 3.8) is 0 Å². The minimum atomic E-state index is -0.817. The largest absolute Gasteiger partial charge is 0.370 e. The van der Waals surface area contributed by atoms with Crippen LogP contribution < -0.4 is 11.5 Å². The number of primary amides is 1. The first-order valence-electron chi connectivity index (χ1n) is 5.96. The van der Waals surface area contributed by atoms with Crippen molar-refractivity contribution in [1.29, 1.82) is 0 Å². The number of rotatable bonds is 3. The zero-order valence-electron chi connectivity index (χ0n) is 10.1. The lowest BCUT2D eigenvalue weighted by molar-refractivity contribution is -0.135. The number of nitrogens with two attached hydrogens (primary N) is 2. The number of thiophene rings is 1. The van der Waals surface area contributed by atoms with Gasteiger partial charge >= 0.3 is 0 Å². The first kappa shape index (κ1) is 13.0. The Morgan fingerprint density at radius 3 is 3.00 bits per heavy atom. The second kappa shape index (κ2) is 5.49. The maximum absolute atomic E-state index is 12.1. The fourth-order valence-electron chi connectivity index (χ4n) is 2.17. The van der Waals surface area contributed by atoms with Gasteiger partial charge in [-0.15, -0.1) is 11.3 Å². The Balaban J connectivity index is 2.05. The van der Waals surface area contributed by atoms with E-state index in [0.29, 0.717) is 13.1 Å². The number of carbonyl (C=O) groups excluding carboxylic acids is 2. The maximum Gasteiger partial charge on any atom is 0.240 e. The number of hydrogen-bond acceptors (Lipinski definition) is 4. The van der Waals surface area contributed by atoms with Gasteiger partial charge in [-0.2, -0.15) is 0 Å². The van der Waals surface area contributed by atoms with Gasteiger partial charge in [0, 0.05) is 18.0 Å². The van der Waals surface area contributed by atoms with Crippen molar-refractivity contribution < 1.29 is 9.59 Å². The molecule has 1 aliphatic heterocycles. The Hall–Kier alpha value is -1.40. The van der Waals surface area contributed by atoms with Crippen molar-refractivity contribution in [1.82, 2.24) is 4.90 Å². The molecule has 0 radical (unpaired) electrons. The van der Waals surface area contributed by atoms with Crippen molar-refractivity contribution in [2.24, 2.45) is 11.5 Å². The molecule has 0 unspecified atom stereocenters. The molecule has 0 bridgehead atoms. The molecule has 0 saturated heterocycles. The molecule has 98 valence electrons. The second-order valence-corrected chi connectivity index (χ2v) is 5.51. The van der Waals surface area contributed by atoms with E-state index in [1.165, 1.54) is 10.4 Å². The molecule has 6 heteroatoms. The normalized spacial score (nSPS) is 16.8. The Labute approximate surface area is 110 Å². The SMILES string of the molecule is NC(=O)C[C@@H](N)C(=O)N1CCCc2sccc2C1. The molecule has 1 aromatic rings. The summed E-state index contributed by atoms with van der Waals surface area (Å²) in [7, 11) is 0. The molecule has 0 fully saturated rings. The lowest BCUT2D eigenvalue weighted by atomic mass is 10.1. The van der Waals surface area contributed by atoms with Crippen LogP contribution in [0.25, 0.3) is 0 Å². The van der Waals surface area contributed by atoms with E-state index in [4.69, 9.17) is 11.5 Å². The van der Waals surface area contributed by atoms with Crippen LogP contribution in [0, 0.1) is 0 Å². The molecule has 0 saturated carbocycles. The number of amides is 2. The highest BCUT2D eigenvalue weighted by Crippen LogP contribution is 2.24. The van der Waals surface area contributed by atoms with Crippen LogP contribution >= 0.6 is 11.3 Å². The molecule has 2 rings (SSSR count). The summed E-state index contributed by atoms with van der Waals surface area (Å²) in [4.78, 5) is 26.0. The summed E-state index contributed by atoms with van der Waals surface area (Å²) in [6.45, 7) is 1.27. The van der Waals surface area contributed by atoms with Crippen molar-refractivity contribution in [2.45, 2.75) is 31.8 Å². The minimum absolute atomic E-state index is 0.0914. The Bertz CT molecular complexity index is 458. The standard InChI is InChI=1S/C12H17N3O2S/c13-9(6-11(14)16)12(17)15-4-1-2-10-8(7-15)3-5-18-10/h3,5,9H,1-2,4,6-7,13H2,(H2,14,16)/t9-/m1/s1. The van der Waals surface area contributed by atoms with Gasteiger partial charge in [-0.3, -0.25) is 9.59 Å². The molecule has 2 heterocycles. The summed E-state index contributed by atoms with van der Waals surface area (Å²) in [5, 5.41) is 2.04. The summed E-state index contributed by atoms with van der Waals surface area (Å²) in [5.41, 5.74) is 12.0. The van der Waals surface area contributed by atoms with E-state index in [-0.39, 0.29) is 12.3 Å². The fraction of sp³-hybridized carbons (Fsp3) is 0.500. The lowest BCUT2D eigenvalue weighted by Gasteiger charge is -2.23. The van der Waals surface area contributed by atoms with E-state index < -0.39 is 11.9 Å². The third kappa shape index (κ3) is 2.88. The predicted molar refractivity (Wildman–Crippen MR) is 69.8 cm³/mol. The highest BCUT2D eigenvalue weighted by Gasteiger charge is 2.25. The molecule has 4 N–H and O–H groups in total. The first-order valence-corrected chi connectivity index (χ1v) is 6.84. The number of carbonyl (C=O) groups is 2. The van der Waals surface area contributed by atoms with Crippen LogP contribution in [0.5, 0.6) is 0 Å². The number of fused-ring (bicyclic) bond motifs is 1. The number of aryl methyl sites for hydroxylation is 1. The molecule has 0 aromatic carbocycles. The molecule has 1 atom stereocenters. The van der Waals surface area contributed by atoms with Gasteiger partial charge in [0.05, 0.1) is 12.5 Å². The predicted octanol–water partition coefficient (Wildman–Crippen LogP) is 0.226. The first-order chi connectivity index (χ1) is 8.58. The third-order valence-electron chi connectivity index (χ3n) is 3.08. The van der Waals surface area contributed by atoms with Gasteiger partial charge in [-0.1, -0.05) is 0 Å². The van der Waals surface area contributed by atoms with Gasteiger partial charge in [-0.25, -0.2) is 0 Å². The van der Waals surface area contributed by atoms with E-state index in [1.54, 1.807) is 16.2 Å². The zero-order valence-corrected chi connectivity index (χ0v) is 10.9. The Morgan fingerprint density at radius 2 is 2.28 bits per heavy atom. The van der Waals surface area contributed by atoms with Gasteiger partial charge in [0.2, 0.25) is 11.8 Å². The molecule has 2 amide bonds. The van der Waals surface area contributed by atoms with Crippen LogP contribution in [0.15, 0.2) is 11.4 Å². The van der Waals surface area contributed by atoms with Crippen molar-refractivity contribution in [3.05, 3.63) is 21.9 Å². The van der Waals surface area contributed by atoms with Gasteiger partial charge in [-0.05, 0) is 29.9 Å².